The molecule has 0 radical (unpaired) electrons. The molecule has 3 fully saturated rings. The van der Waals surface area contributed by atoms with Crippen LogP contribution in [0.25, 0.3) is 0 Å². The van der Waals surface area contributed by atoms with Gasteiger partial charge in [-0.3, -0.25) is 14.4 Å². The SMILES string of the molecule is C/C=C(/C)C(=O)O[C@@H]1/C(C)=C\C23O[C@@]2(C[C@H](C)[C@@H]3OC(C)=O)C(=O)[C@@H](C)[C@H](OC(C)=O)[C@@H]2[C@H]([C@@H]1OC)C2(C)C. The van der Waals surface area contributed by atoms with E-state index in [9.17, 15) is 19.2 Å². The van der Waals surface area contributed by atoms with Crippen molar-refractivity contribution in [2.24, 2.45) is 29.1 Å². The lowest BCUT2D eigenvalue weighted by Gasteiger charge is -2.30. The zero-order valence-corrected chi connectivity index (χ0v) is 24.7. The van der Waals surface area contributed by atoms with E-state index in [4.69, 9.17) is 23.7 Å². The molecule has 0 bridgehead atoms. The minimum atomic E-state index is -1.25. The normalized spacial score (nSPS) is 43.9. The Kier molecular flexibility index (Phi) is 7.43. The minimum absolute atomic E-state index is 0.174. The van der Waals surface area contributed by atoms with Gasteiger partial charge in [-0.1, -0.05) is 33.8 Å². The van der Waals surface area contributed by atoms with Gasteiger partial charge < -0.3 is 23.7 Å². The number of epoxide rings is 1. The first-order valence-electron chi connectivity index (χ1n) is 13.7. The fourth-order valence-electron chi connectivity index (χ4n) is 7.48. The van der Waals surface area contributed by atoms with E-state index in [1.165, 1.54) is 13.8 Å². The molecule has 2 saturated carbocycles. The summed E-state index contributed by atoms with van der Waals surface area (Å²) in [4.78, 5) is 51.7. The van der Waals surface area contributed by atoms with Gasteiger partial charge >= 0.3 is 17.9 Å². The monoisotopic (exact) mass is 546 g/mol. The predicted octanol–water partition coefficient (Wildman–Crippen LogP) is 3.73. The lowest BCUT2D eigenvalue weighted by atomic mass is 9.80. The van der Waals surface area contributed by atoms with Crippen LogP contribution in [0.1, 0.15) is 68.7 Å². The van der Waals surface area contributed by atoms with Crippen molar-refractivity contribution >= 4 is 23.7 Å². The Morgan fingerprint density at radius 1 is 1.00 bits per heavy atom. The van der Waals surface area contributed by atoms with Crippen LogP contribution < -0.4 is 0 Å². The Morgan fingerprint density at radius 3 is 2.13 bits per heavy atom. The lowest BCUT2D eigenvalue weighted by Crippen LogP contribution is -2.43. The summed E-state index contributed by atoms with van der Waals surface area (Å²) in [5.41, 5.74) is -1.77. The van der Waals surface area contributed by atoms with Crippen LogP contribution in [0.15, 0.2) is 23.3 Å². The van der Waals surface area contributed by atoms with E-state index in [1.54, 1.807) is 40.0 Å². The molecule has 4 rings (SSSR count). The van der Waals surface area contributed by atoms with E-state index in [-0.39, 0.29) is 29.0 Å². The zero-order chi connectivity index (χ0) is 29.2. The van der Waals surface area contributed by atoms with Crippen LogP contribution in [0.2, 0.25) is 0 Å². The second kappa shape index (κ2) is 9.84. The molecule has 9 heteroatoms. The Bertz CT molecular complexity index is 1140. The van der Waals surface area contributed by atoms with Crippen molar-refractivity contribution in [3.8, 4) is 0 Å². The van der Waals surface area contributed by atoms with Crippen molar-refractivity contribution in [2.75, 3.05) is 7.11 Å². The molecule has 0 N–H and O–H groups in total. The number of carbonyl (C=O) groups excluding carboxylic acids is 4. The number of carbonyl (C=O) groups is 4. The van der Waals surface area contributed by atoms with Crippen molar-refractivity contribution in [1.82, 2.24) is 0 Å². The van der Waals surface area contributed by atoms with Crippen molar-refractivity contribution in [1.29, 1.82) is 0 Å². The van der Waals surface area contributed by atoms with Crippen LogP contribution in [-0.4, -0.2) is 66.4 Å². The molecule has 0 aromatic rings. The summed E-state index contributed by atoms with van der Waals surface area (Å²) in [6, 6.07) is 0. The second-order valence-electron chi connectivity index (χ2n) is 12.4. The summed E-state index contributed by atoms with van der Waals surface area (Å²) >= 11 is 0. The molecule has 0 aromatic heterocycles. The molecule has 1 aliphatic heterocycles. The zero-order valence-electron chi connectivity index (χ0n) is 24.7. The van der Waals surface area contributed by atoms with E-state index in [0.29, 0.717) is 17.6 Å². The summed E-state index contributed by atoms with van der Waals surface area (Å²) in [7, 11) is 1.57. The highest BCUT2D eigenvalue weighted by Crippen LogP contribution is 2.68. The molecule has 0 spiro atoms. The van der Waals surface area contributed by atoms with E-state index in [2.05, 4.69) is 0 Å². The molecule has 216 valence electrons. The molecule has 1 saturated heterocycles. The van der Waals surface area contributed by atoms with Gasteiger partial charge in [-0.25, -0.2) is 4.79 Å². The van der Waals surface area contributed by atoms with Gasteiger partial charge in [-0.2, -0.15) is 0 Å². The highest BCUT2D eigenvalue weighted by atomic mass is 16.7. The topological polar surface area (TPSA) is 118 Å². The number of methoxy groups -OCH3 is 1. The molecule has 9 nitrogen and oxygen atoms in total. The summed E-state index contributed by atoms with van der Waals surface area (Å²) < 4.78 is 30.1. The molecule has 39 heavy (non-hydrogen) atoms. The Labute approximate surface area is 230 Å². The van der Waals surface area contributed by atoms with E-state index in [0.717, 1.165) is 0 Å². The summed E-state index contributed by atoms with van der Waals surface area (Å²) in [5.74, 6) is -2.90. The standard InChI is InChI=1S/C30H42O9/c1-11-14(2)27(34)38-22-15(3)12-30-26(37-19(7)32)16(4)13-29(30,39-30)25(33)17(5)23(36-18(6)31)20-21(24(22)35-10)28(20,8)9/h11-12,16-17,20-24,26H,13H2,1-10H3/b14-11-,15-12-/t16-,17-,20-,21+,22+,23-,24-,26-,29-,30?/m0/s1. The highest BCUT2D eigenvalue weighted by Gasteiger charge is 2.84. The fraction of sp³-hybridized carbons (Fsp3) is 0.733. The molecule has 4 aliphatic rings. The van der Waals surface area contributed by atoms with Crippen LogP contribution in [0.5, 0.6) is 0 Å². The van der Waals surface area contributed by atoms with Crippen molar-refractivity contribution in [3.05, 3.63) is 23.3 Å². The number of ketones is 1. The Balaban J connectivity index is 1.92. The third-order valence-electron chi connectivity index (χ3n) is 9.54. The van der Waals surface area contributed by atoms with Gasteiger partial charge in [0.05, 0.1) is 5.92 Å². The molecule has 0 amide bonds. The van der Waals surface area contributed by atoms with Gasteiger partial charge in [0.1, 0.15) is 24.4 Å². The van der Waals surface area contributed by atoms with Gasteiger partial charge in [-0.05, 0) is 50.2 Å². The first kappa shape index (κ1) is 29.5. The number of fused-ring (bicyclic) bond motifs is 1. The van der Waals surface area contributed by atoms with E-state index >= 15 is 0 Å². The number of hydrogen-bond acceptors (Lipinski definition) is 9. The van der Waals surface area contributed by atoms with Crippen LogP contribution in [0, 0.1) is 29.1 Å². The molecule has 1 unspecified atom stereocenters. The number of hydrogen-bond donors (Lipinski definition) is 0. The first-order chi connectivity index (χ1) is 18.1. The summed E-state index contributed by atoms with van der Waals surface area (Å²) in [6.07, 6.45) is 0.965. The maximum atomic E-state index is 14.3. The number of allylic oxidation sites excluding steroid dienone is 1. The summed E-state index contributed by atoms with van der Waals surface area (Å²) in [5, 5.41) is 0. The average Bonchev–Trinajstić information content (AvgIpc) is 3.64. The molecular weight excluding hydrogens is 504 g/mol. The smallest absolute Gasteiger partial charge is 0.334 e. The maximum absolute atomic E-state index is 14.3. The van der Waals surface area contributed by atoms with Gasteiger partial charge in [0.15, 0.2) is 17.0 Å². The largest absolute Gasteiger partial charge is 0.461 e. The minimum Gasteiger partial charge on any atom is -0.461 e. The van der Waals surface area contributed by atoms with Crippen molar-refractivity contribution in [2.45, 2.75) is 104 Å². The van der Waals surface area contributed by atoms with Crippen LogP contribution in [0.4, 0.5) is 0 Å². The van der Waals surface area contributed by atoms with E-state index in [1.807, 2.05) is 27.7 Å². The molecule has 1 heterocycles. The van der Waals surface area contributed by atoms with Gasteiger partial charge in [-0.15, -0.1) is 0 Å². The molecule has 3 aliphatic carbocycles. The summed E-state index contributed by atoms with van der Waals surface area (Å²) in [6.45, 7) is 15.7. The second-order valence-corrected chi connectivity index (χ2v) is 12.4. The van der Waals surface area contributed by atoms with Gasteiger partial charge in [0, 0.05) is 38.4 Å². The Hall–Kier alpha value is -2.52. The maximum Gasteiger partial charge on any atom is 0.334 e. The molecular formula is C30H42O9. The van der Waals surface area contributed by atoms with E-state index < -0.39 is 59.4 Å². The van der Waals surface area contributed by atoms with Gasteiger partial charge in [0.25, 0.3) is 0 Å². The Morgan fingerprint density at radius 2 is 1.59 bits per heavy atom. The number of esters is 3. The van der Waals surface area contributed by atoms with Crippen LogP contribution in [-0.2, 0) is 42.9 Å². The van der Waals surface area contributed by atoms with Crippen molar-refractivity contribution in [3.63, 3.8) is 0 Å². The quantitative estimate of drug-likeness (QED) is 0.167. The molecule has 10 atom stereocenters. The number of Topliss-reactive ketones (excluding diaryl/α,β-unsaturated/α-hetero) is 1. The van der Waals surface area contributed by atoms with Crippen LogP contribution in [0.3, 0.4) is 0 Å². The first-order valence-corrected chi connectivity index (χ1v) is 13.7. The third kappa shape index (κ3) is 4.46. The predicted molar refractivity (Wildman–Crippen MR) is 140 cm³/mol. The number of ether oxygens (including phenoxy) is 5. The highest BCUT2D eigenvalue weighted by molar-refractivity contribution is 5.96. The van der Waals surface area contributed by atoms with Gasteiger partial charge in [0.2, 0.25) is 0 Å². The fourth-order valence-corrected chi connectivity index (χ4v) is 7.48. The average molecular weight is 547 g/mol. The third-order valence-corrected chi connectivity index (χ3v) is 9.54. The lowest BCUT2D eigenvalue weighted by molar-refractivity contribution is -0.154. The number of rotatable bonds is 5. The van der Waals surface area contributed by atoms with Crippen molar-refractivity contribution < 1.29 is 42.9 Å². The molecule has 0 aromatic carbocycles. The van der Waals surface area contributed by atoms with Crippen LogP contribution >= 0.6 is 0 Å².